The van der Waals surface area contributed by atoms with Crippen LogP contribution in [0.5, 0.6) is 5.75 Å². The van der Waals surface area contributed by atoms with Crippen molar-refractivity contribution in [1.82, 2.24) is 4.72 Å². The monoisotopic (exact) mass is 375 g/mol. The number of benzene rings is 1. The summed E-state index contributed by atoms with van der Waals surface area (Å²) in [6.45, 7) is 2.37. The molecule has 1 N–H and O–H groups in total. The molecule has 0 bridgehead atoms. The van der Waals surface area contributed by atoms with E-state index in [1.165, 1.54) is 11.3 Å². The molecule has 2 rings (SSSR count). The standard InChI is InChI=1S/C13H14BrNO3S2/c1-10-9-12(19-13(10)14)20(16,17)15-7-8-18-11-5-3-2-4-6-11/h2-6,9,15H,7-8H2,1H3. The van der Waals surface area contributed by atoms with Crippen LogP contribution >= 0.6 is 27.3 Å². The Morgan fingerprint density at radius 1 is 1.30 bits per heavy atom. The molecule has 108 valence electrons. The van der Waals surface area contributed by atoms with Gasteiger partial charge in [-0.3, -0.25) is 0 Å². The van der Waals surface area contributed by atoms with Gasteiger partial charge in [0.1, 0.15) is 16.6 Å². The van der Waals surface area contributed by atoms with Gasteiger partial charge in [-0.05, 0) is 46.6 Å². The number of halogens is 1. The zero-order valence-corrected chi connectivity index (χ0v) is 14.0. The molecule has 0 atom stereocenters. The first-order valence-corrected chi connectivity index (χ1v) is 9.02. The van der Waals surface area contributed by atoms with Gasteiger partial charge in [0.15, 0.2) is 0 Å². The normalized spacial score (nSPS) is 11.5. The number of ether oxygens (including phenoxy) is 1. The van der Waals surface area contributed by atoms with E-state index in [2.05, 4.69) is 20.7 Å². The Labute approximate surface area is 131 Å². The van der Waals surface area contributed by atoms with Crippen molar-refractivity contribution in [3.05, 3.63) is 45.7 Å². The molecular formula is C13H14BrNO3S2. The maximum Gasteiger partial charge on any atom is 0.250 e. The van der Waals surface area contributed by atoms with Crippen LogP contribution in [0.4, 0.5) is 0 Å². The largest absolute Gasteiger partial charge is 0.492 e. The van der Waals surface area contributed by atoms with Gasteiger partial charge in [-0.1, -0.05) is 18.2 Å². The van der Waals surface area contributed by atoms with E-state index in [4.69, 9.17) is 4.74 Å². The van der Waals surface area contributed by atoms with Gasteiger partial charge in [0, 0.05) is 6.54 Å². The molecular weight excluding hydrogens is 362 g/mol. The molecule has 0 aliphatic heterocycles. The summed E-state index contributed by atoms with van der Waals surface area (Å²) in [6.07, 6.45) is 0. The van der Waals surface area contributed by atoms with Crippen LogP contribution in [0, 0.1) is 6.92 Å². The molecule has 7 heteroatoms. The molecule has 1 heterocycles. The van der Waals surface area contributed by atoms with Gasteiger partial charge >= 0.3 is 0 Å². The molecule has 20 heavy (non-hydrogen) atoms. The minimum absolute atomic E-state index is 0.228. The summed E-state index contributed by atoms with van der Waals surface area (Å²) in [4.78, 5) is 0. The van der Waals surface area contributed by atoms with Crippen molar-refractivity contribution in [3.8, 4) is 5.75 Å². The third kappa shape index (κ3) is 4.05. The molecule has 0 saturated carbocycles. The number of rotatable bonds is 6. The molecule has 1 aromatic carbocycles. The zero-order chi connectivity index (χ0) is 14.6. The Balaban J connectivity index is 1.87. The molecule has 0 fully saturated rings. The van der Waals surface area contributed by atoms with Crippen LogP contribution in [0.1, 0.15) is 5.56 Å². The van der Waals surface area contributed by atoms with E-state index in [9.17, 15) is 8.42 Å². The van der Waals surface area contributed by atoms with E-state index in [-0.39, 0.29) is 13.2 Å². The lowest BCUT2D eigenvalue weighted by Gasteiger charge is -2.07. The number of sulfonamides is 1. The lowest BCUT2D eigenvalue weighted by atomic mass is 10.3. The Morgan fingerprint density at radius 3 is 2.60 bits per heavy atom. The summed E-state index contributed by atoms with van der Waals surface area (Å²) in [7, 11) is -3.46. The second kappa shape index (κ2) is 6.71. The van der Waals surface area contributed by atoms with Gasteiger partial charge in [0.25, 0.3) is 0 Å². The van der Waals surface area contributed by atoms with Gasteiger partial charge in [0.05, 0.1) is 3.79 Å². The summed E-state index contributed by atoms with van der Waals surface area (Å²) in [5, 5.41) is 0. The fourth-order valence-corrected chi connectivity index (χ4v) is 4.78. The van der Waals surface area contributed by atoms with Crippen molar-refractivity contribution in [2.45, 2.75) is 11.1 Å². The number of aryl methyl sites for hydroxylation is 1. The first kappa shape index (κ1) is 15.5. The van der Waals surface area contributed by atoms with E-state index < -0.39 is 10.0 Å². The topological polar surface area (TPSA) is 55.4 Å². The average Bonchev–Trinajstić information content (AvgIpc) is 2.77. The number of nitrogens with one attached hydrogen (secondary N) is 1. The quantitative estimate of drug-likeness (QED) is 0.788. The molecule has 0 amide bonds. The van der Waals surface area contributed by atoms with Gasteiger partial charge in [-0.25, -0.2) is 13.1 Å². The second-order valence-corrected chi connectivity index (χ2v) is 8.45. The molecule has 0 saturated heterocycles. The van der Waals surface area contributed by atoms with Gasteiger partial charge < -0.3 is 4.74 Å². The zero-order valence-electron chi connectivity index (χ0n) is 10.8. The van der Waals surface area contributed by atoms with Crippen molar-refractivity contribution in [2.75, 3.05) is 13.2 Å². The van der Waals surface area contributed by atoms with Crippen LogP contribution < -0.4 is 9.46 Å². The fraction of sp³-hybridized carbons (Fsp3) is 0.231. The number of hydrogen-bond acceptors (Lipinski definition) is 4. The van der Waals surface area contributed by atoms with Crippen molar-refractivity contribution in [1.29, 1.82) is 0 Å². The molecule has 4 nitrogen and oxygen atoms in total. The van der Waals surface area contributed by atoms with Gasteiger partial charge in [-0.2, -0.15) is 0 Å². The van der Waals surface area contributed by atoms with E-state index in [0.29, 0.717) is 4.21 Å². The Hall–Kier alpha value is -0.890. The SMILES string of the molecule is Cc1cc(S(=O)(=O)NCCOc2ccccc2)sc1Br. The van der Waals surface area contributed by atoms with E-state index >= 15 is 0 Å². The van der Waals surface area contributed by atoms with Crippen LogP contribution in [0.2, 0.25) is 0 Å². The summed E-state index contributed by atoms with van der Waals surface area (Å²) < 4.78 is 33.2. The summed E-state index contributed by atoms with van der Waals surface area (Å²) in [5.41, 5.74) is 0.913. The van der Waals surface area contributed by atoms with Crippen molar-refractivity contribution < 1.29 is 13.2 Å². The Kier molecular flexibility index (Phi) is 5.20. The lowest BCUT2D eigenvalue weighted by Crippen LogP contribution is -2.27. The maximum atomic E-state index is 12.0. The lowest BCUT2D eigenvalue weighted by molar-refractivity contribution is 0.323. The summed E-state index contributed by atoms with van der Waals surface area (Å²) in [5.74, 6) is 0.724. The number of para-hydroxylation sites is 1. The van der Waals surface area contributed by atoms with Crippen molar-refractivity contribution in [3.63, 3.8) is 0 Å². The predicted octanol–water partition coefficient (Wildman–Crippen LogP) is 3.18. The molecule has 2 aromatic rings. The van der Waals surface area contributed by atoms with Crippen LogP contribution in [0.3, 0.4) is 0 Å². The van der Waals surface area contributed by atoms with E-state index in [0.717, 1.165) is 15.1 Å². The molecule has 0 radical (unpaired) electrons. The van der Waals surface area contributed by atoms with Crippen molar-refractivity contribution in [2.24, 2.45) is 0 Å². The second-order valence-electron chi connectivity index (χ2n) is 4.08. The first-order valence-electron chi connectivity index (χ1n) is 5.92. The molecule has 0 aliphatic carbocycles. The highest BCUT2D eigenvalue weighted by Crippen LogP contribution is 2.30. The van der Waals surface area contributed by atoms with Crippen LogP contribution in [-0.2, 0) is 10.0 Å². The predicted molar refractivity (Wildman–Crippen MR) is 83.9 cm³/mol. The first-order chi connectivity index (χ1) is 9.49. The smallest absolute Gasteiger partial charge is 0.250 e. The number of thiophene rings is 1. The van der Waals surface area contributed by atoms with Crippen LogP contribution in [-0.4, -0.2) is 21.6 Å². The Morgan fingerprint density at radius 2 is 2.00 bits per heavy atom. The Bertz CT molecular complexity index is 649. The highest BCUT2D eigenvalue weighted by Gasteiger charge is 2.17. The minimum atomic E-state index is -3.46. The number of hydrogen-bond donors (Lipinski definition) is 1. The molecule has 1 aromatic heterocycles. The van der Waals surface area contributed by atoms with E-state index in [1.54, 1.807) is 6.07 Å². The van der Waals surface area contributed by atoms with Crippen LogP contribution in [0.15, 0.2) is 44.4 Å². The van der Waals surface area contributed by atoms with Gasteiger partial charge in [-0.15, -0.1) is 11.3 Å². The maximum absolute atomic E-state index is 12.0. The average molecular weight is 376 g/mol. The fourth-order valence-electron chi connectivity index (χ4n) is 1.50. The summed E-state index contributed by atoms with van der Waals surface area (Å²) in [6, 6.07) is 10.9. The minimum Gasteiger partial charge on any atom is -0.492 e. The third-order valence-electron chi connectivity index (χ3n) is 2.51. The van der Waals surface area contributed by atoms with E-state index in [1.807, 2.05) is 37.3 Å². The van der Waals surface area contributed by atoms with Crippen LogP contribution in [0.25, 0.3) is 0 Å². The molecule has 0 spiro atoms. The van der Waals surface area contributed by atoms with Crippen molar-refractivity contribution >= 4 is 37.3 Å². The van der Waals surface area contributed by atoms with Gasteiger partial charge in [0.2, 0.25) is 10.0 Å². The molecule has 0 unspecified atom stereocenters. The third-order valence-corrected chi connectivity index (χ3v) is 6.58. The molecule has 0 aliphatic rings. The summed E-state index contributed by atoms with van der Waals surface area (Å²) >= 11 is 4.52. The highest BCUT2D eigenvalue weighted by atomic mass is 79.9. The highest BCUT2D eigenvalue weighted by molar-refractivity contribution is 9.11.